The van der Waals surface area contributed by atoms with Crippen molar-refractivity contribution in [2.75, 3.05) is 7.05 Å². The molecule has 1 fully saturated rings. The summed E-state index contributed by atoms with van der Waals surface area (Å²) in [5.41, 5.74) is 3.69. The van der Waals surface area contributed by atoms with Gasteiger partial charge in [0, 0.05) is 6.04 Å². The van der Waals surface area contributed by atoms with E-state index < -0.39 is 0 Å². The number of hydrogen-bond acceptors (Lipinski definition) is 1. The van der Waals surface area contributed by atoms with Gasteiger partial charge in [-0.15, -0.1) is 0 Å². The molecule has 0 radical (unpaired) electrons. The van der Waals surface area contributed by atoms with Crippen LogP contribution in [-0.2, 0) is 6.42 Å². The van der Waals surface area contributed by atoms with Crippen LogP contribution in [0, 0.1) is 11.3 Å². The quantitative estimate of drug-likeness (QED) is 0.820. The third kappa shape index (κ3) is 1.35. The van der Waals surface area contributed by atoms with Gasteiger partial charge in [-0.3, -0.25) is 0 Å². The first-order chi connectivity index (χ1) is 8.22. The second-order valence-electron chi connectivity index (χ2n) is 6.00. The zero-order chi connectivity index (χ0) is 12.0. The summed E-state index contributed by atoms with van der Waals surface area (Å²) < 4.78 is 0. The van der Waals surface area contributed by atoms with Crippen molar-refractivity contribution in [3.8, 4) is 0 Å². The molecule has 4 atom stereocenters. The lowest BCUT2D eigenvalue weighted by Gasteiger charge is -2.62. The maximum absolute atomic E-state index is 3.57. The smallest absolute Gasteiger partial charge is 0.0158 e. The van der Waals surface area contributed by atoms with Crippen LogP contribution in [0.2, 0.25) is 0 Å². The highest BCUT2D eigenvalue weighted by molar-refractivity contribution is 5.39. The normalized spacial score (nSPS) is 39.1. The second-order valence-corrected chi connectivity index (χ2v) is 6.00. The van der Waals surface area contributed by atoms with Crippen LogP contribution >= 0.6 is 0 Å². The summed E-state index contributed by atoms with van der Waals surface area (Å²) in [4.78, 5) is 0. The van der Waals surface area contributed by atoms with Gasteiger partial charge in [-0.05, 0) is 54.7 Å². The summed E-state index contributed by atoms with van der Waals surface area (Å²) in [5.74, 6) is 1.65. The van der Waals surface area contributed by atoms with Crippen LogP contribution in [0.5, 0.6) is 0 Å². The van der Waals surface area contributed by atoms with Crippen molar-refractivity contribution in [1.29, 1.82) is 0 Å². The Kier molecular flexibility index (Phi) is 2.55. The van der Waals surface area contributed by atoms with Crippen LogP contribution in [0.3, 0.4) is 0 Å². The third-order valence-corrected chi connectivity index (χ3v) is 5.49. The van der Waals surface area contributed by atoms with Gasteiger partial charge in [0.2, 0.25) is 0 Å². The Morgan fingerprint density at radius 1 is 1.35 bits per heavy atom. The molecule has 0 aliphatic heterocycles. The van der Waals surface area contributed by atoms with Crippen LogP contribution < -0.4 is 5.32 Å². The van der Waals surface area contributed by atoms with E-state index in [0.29, 0.717) is 11.5 Å². The van der Waals surface area contributed by atoms with Crippen LogP contribution in [0.25, 0.3) is 0 Å². The van der Waals surface area contributed by atoms with Gasteiger partial charge in [0.25, 0.3) is 0 Å². The van der Waals surface area contributed by atoms with Crippen LogP contribution in [0.1, 0.15) is 43.7 Å². The molecule has 0 aromatic heterocycles. The number of hydrogen-bond donors (Lipinski definition) is 1. The molecule has 1 N–H and O–H groups in total. The molecule has 0 heterocycles. The van der Waals surface area contributed by atoms with E-state index in [4.69, 9.17) is 0 Å². The monoisotopic (exact) mass is 229 g/mol. The number of nitrogens with one attached hydrogen (secondary N) is 1. The first-order valence-electron chi connectivity index (χ1n) is 6.97. The number of rotatable bonds is 2. The molecule has 1 aromatic carbocycles. The van der Waals surface area contributed by atoms with E-state index in [-0.39, 0.29) is 0 Å². The van der Waals surface area contributed by atoms with Gasteiger partial charge >= 0.3 is 0 Å². The van der Waals surface area contributed by atoms with Crippen molar-refractivity contribution in [3.05, 3.63) is 35.4 Å². The zero-order valence-electron chi connectivity index (χ0n) is 11.2. The Bertz CT molecular complexity index is 425. The van der Waals surface area contributed by atoms with Crippen molar-refractivity contribution in [3.63, 3.8) is 0 Å². The van der Waals surface area contributed by atoms with Gasteiger partial charge < -0.3 is 5.32 Å². The maximum atomic E-state index is 3.57. The summed E-state index contributed by atoms with van der Waals surface area (Å²) in [7, 11) is 2.13. The minimum Gasteiger partial charge on any atom is -0.316 e. The molecule has 92 valence electrons. The number of fused-ring (bicyclic) bond motifs is 3. The lowest BCUT2D eigenvalue weighted by Crippen LogP contribution is -2.64. The molecule has 1 nitrogen and oxygen atoms in total. The van der Waals surface area contributed by atoms with E-state index in [1.54, 1.807) is 11.1 Å². The standard InChI is InChI=1S/C16H23N/c1-4-16(2)14-12-8-6-5-7-11(12)9-10-13(14)15(16)17-3/h5-8,13-15,17H,4,9-10H2,1-3H3. The third-order valence-electron chi connectivity index (χ3n) is 5.49. The van der Waals surface area contributed by atoms with Crippen LogP contribution in [0.15, 0.2) is 24.3 Å². The average Bonchev–Trinajstić information content (AvgIpc) is 2.37. The van der Waals surface area contributed by atoms with Crippen molar-refractivity contribution in [2.45, 2.75) is 45.1 Å². The van der Waals surface area contributed by atoms with Crippen LogP contribution in [0.4, 0.5) is 0 Å². The molecule has 1 heteroatoms. The van der Waals surface area contributed by atoms with E-state index >= 15 is 0 Å². The topological polar surface area (TPSA) is 12.0 Å². The Balaban J connectivity index is 2.02. The van der Waals surface area contributed by atoms with Gasteiger partial charge in [0.15, 0.2) is 0 Å². The van der Waals surface area contributed by atoms with Crippen molar-refractivity contribution in [1.82, 2.24) is 5.32 Å². The summed E-state index contributed by atoms with van der Waals surface area (Å²) in [5, 5.41) is 3.57. The molecule has 0 amide bonds. The summed E-state index contributed by atoms with van der Waals surface area (Å²) in [6.07, 6.45) is 3.91. The van der Waals surface area contributed by atoms with Crippen molar-refractivity contribution < 1.29 is 0 Å². The molecular formula is C16H23N. The largest absolute Gasteiger partial charge is 0.316 e. The molecule has 1 saturated carbocycles. The van der Waals surface area contributed by atoms with E-state index in [0.717, 1.165) is 11.8 Å². The fourth-order valence-corrected chi connectivity index (χ4v) is 4.54. The fourth-order valence-electron chi connectivity index (χ4n) is 4.54. The molecule has 2 aliphatic rings. The summed E-state index contributed by atoms with van der Waals surface area (Å²) in [6, 6.07) is 9.81. The molecule has 2 aliphatic carbocycles. The van der Waals surface area contributed by atoms with Gasteiger partial charge in [0.1, 0.15) is 0 Å². The Labute approximate surface area is 105 Å². The molecule has 17 heavy (non-hydrogen) atoms. The number of benzene rings is 1. The predicted octanol–water partition coefficient (Wildman–Crippen LogP) is 3.35. The number of aryl methyl sites for hydroxylation is 1. The first kappa shape index (κ1) is 11.3. The molecule has 0 spiro atoms. The van der Waals surface area contributed by atoms with E-state index in [2.05, 4.69) is 50.5 Å². The Morgan fingerprint density at radius 2 is 2.12 bits per heavy atom. The zero-order valence-corrected chi connectivity index (χ0v) is 11.2. The molecule has 0 saturated heterocycles. The highest BCUT2D eigenvalue weighted by Crippen LogP contribution is 2.62. The molecular weight excluding hydrogens is 206 g/mol. The molecule has 3 rings (SSSR count). The van der Waals surface area contributed by atoms with Crippen LogP contribution in [-0.4, -0.2) is 13.1 Å². The minimum absolute atomic E-state index is 0.454. The van der Waals surface area contributed by atoms with E-state index in [9.17, 15) is 0 Å². The lowest BCUT2D eigenvalue weighted by molar-refractivity contribution is -0.0360. The van der Waals surface area contributed by atoms with Gasteiger partial charge in [-0.25, -0.2) is 0 Å². The van der Waals surface area contributed by atoms with Gasteiger partial charge in [-0.2, -0.15) is 0 Å². The van der Waals surface area contributed by atoms with Gasteiger partial charge in [-0.1, -0.05) is 38.1 Å². The second kappa shape index (κ2) is 3.84. The average molecular weight is 229 g/mol. The van der Waals surface area contributed by atoms with Crippen molar-refractivity contribution >= 4 is 0 Å². The Morgan fingerprint density at radius 3 is 2.82 bits per heavy atom. The first-order valence-corrected chi connectivity index (χ1v) is 6.97. The fraction of sp³-hybridized carbons (Fsp3) is 0.625. The molecule has 1 aromatic rings. The maximum Gasteiger partial charge on any atom is 0.0158 e. The van der Waals surface area contributed by atoms with E-state index in [1.807, 2.05) is 0 Å². The highest BCUT2D eigenvalue weighted by Gasteiger charge is 2.58. The predicted molar refractivity (Wildman–Crippen MR) is 72.2 cm³/mol. The molecule has 0 bridgehead atoms. The van der Waals surface area contributed by atoms with Gasteiger partial charge in [0.05, 0.1) is 0 Å². The summed E-state index contributed by atoms with van der Waals surface area (Å²) >= 11 is 0. The lowest BCUT2D eigenvalue weighted by atomic mass is 9.45. The van der Waals surface area contributed by atoms with E-state index in [1.165, 1.54) is 19.3 Å². The summed E-state index contributed by atoms with van der Waals surface area (Å²) in [6.45, 7) is 4.81. The Hall–Kier alpha value is -0.820. The minimum atomic E-state index is 0.454. The SMILES string of the molecule is CCC1(C)C(NC)C2CCc3ccccc3C21. The van der Waals surface area contributed by atoms with Crippen molar-refractivity contribution in [2.24, 2.45) is 11.3 Å². The highest BCUT2D eigenvalue weighted by atomic mass is 15.0. The molecule has 4 unspecified atom stereocenters.